The van der Waals surface area contributed by atoms with E-state index >= 15 is 19.2 Å². The third kappa shape index (κ3) is 21.4. The van der Waals surface area contributed by atoms with Gasteiger partial charge in [0.1, 0.15) is 89.0 Å². The number of carboxylic acid groups (broad SMARTS) is 1. The third-order valence-corrected chi connectivity index (χ3v) is 22.7. The lowest BCUT2D eigenvalue weighted by Gasteiger charge is -2.48. The van der Waals surface area contributed by atoms with Gasteiger partial charge in [0, 0.05) is 85.3 Å². The molecule has 8 heterocycles. The van der Waals surface area contributed by atoms with Crippen LogP contribution in [-0.4, -0.2) is 200 Å². The molecule has 11 bridgehead atoms. The zero-order valence-electron chi connectivity index (χ0n) is 67.7. The summed E-state index contributed by atoms with van der Waals surface area (Å²) < 4.78 is 82.9. The predicted octanol–water partition coefficient (Wildman–Crippen LogP) is 5.96. The number of primary amides is 1. The van der Waals surface area contributed by atoms with Gasteiger partial charge < -0.3 is 122 Å². The molecule has 7 aliphatic heterocycles. The van der Waals surface area contributed by atoms with Crippen LogP contribution < -0.4 is 62.3 Å². The number of anilines is 1. The van der Waals surface area contributed by atoms with Gasteiger partial charge in [0.05, 0.1) is 40.7 Å². The van der Waals surface area contributed by atoms with Crippen LogP contribution in [0.25, 0.3) is 17.2 Å². The van der Waals surface area contributed by atoms with Crippen molar-refractivity contribution in [3.05, 3.63) is 175 Å². The summed E-state index contributed by atoms with van der Waals surface area (Å²) in [5.41, 5.74) is 1.01. The van der Waals surface area contributed by atoms with E-state index in [0.717, 1.165) is 89.5 Å². The molecule has 6 aromatic carbocycles. The lowest BCUT2D eigenvalue weighted by Crippen LogP contribution is -2.65. The summed E-state index contributed by atoms with van der Waals surface area (Å²) in [4.78, 5) is 149. The number of phenolic OH excluding ortho intramolecular Hbond substituents is 3. The number of ketones is 2. The molecule has 1 aromatic heterocycles. The Hall–Kier alpha value is -11.9. The molecule has 3 unspecified atom stereocenters. The highest BCUT2D eigenvalue weighted by Gasteiger charge is 2.52. The van der Waals surface area contributed by atoms with E-state index in [0.29, 0.717) is 6.42 Å². The van der Waals surface area contributed by atoms with Crippen molar-refractivity contribution in [2.45, 2.75) is 183 Å². The van der Waals surface area contributed by atoms with Crippen LogP contribution in [0.2, 0.25) is 10.0 Å². The molecule has 0 saturated carbocycles. The minimum absolute atomic E-state index is 0.0530. The quantitative estimate of drug-likeness (QED) is 0.0369. The highest BCUT2D eigenvalue weighted by Crippen LogP contribution is 2.51. The molecular formula is C85H90Cl2F3N9O27. The van der Waals surface area contributed by atoms with Gasteiger partial charge in [0.25, 0.3) is 0 Å². The van der Waals surface area contributed by atoms with Gasteiger partial charge >= 0.3 is 18.0 Å². The molecule has 18 atom stereocenters. The van der Waals surface area contributed by atoms with Crippen molar-refractivity contribution in [2.75, 3.05) is 18.5 Å². The number of carbonyl (C=O) groups excluding carboxylic acids is 8. The normalized spacial score (nSPS) is 26.2. The lowest BCUT2D eigenvalue weighted by molar-refractivity contribution is -0.334. The van der Waals surface area contributed by atoms with E-state index in [1.807, 2.05) is 13.8 Å². The number of nitrogens with two attached hydrogens (primary N) is 1. The van der Waals surface area contributed by atoms with Crippen molar-refractivity contribution in [1.29, 1.82) is 0 Å². The van der Waals surface area contributed by atoms with Gasteiger partial charge in [0.2, 0.25) is 47.5 Å². The molecule has 36 nitrogen and oxygen atoms in total. The lowest BCUT2D eigenvalue weighted by atomic mass is 9.84. The zero-order valence-corrected chi connectivity index (χ0v) is 69.2. The molecule has 18 N–H and O–H groups in total. The summed E-state index contributed by atoms with van der Waals surface area (Å²) in [6.45, 7) is 7.18. The number of carboxylic acids is 1. The Morgan fingerprint density at radius 2 is 1.44 bits per heavy atom. The Kier molecular flexibility index (Phi) is 28.8. The van der Waals surface area contributed by atoms with Crippen LogP contribution in [-0.2, 0) is 63.9 Å². The summed E-state index contributed by atoms with van der Waals surface area (Å²) in [6, 6.07) is 11.1. The fourth-order valence-electron chi connectivity index (χ4n) is 15.7. The Bertz CT molecular complexity index is 5450. The first-order valence-corrected chi connectivity index (χ1v) is 40.4. The van der Waals surface area contributed by atoms with Gasteiger partial charge in [-0.25, -0.2) is 9.59 Å². The van der Waals surface area contributed by atoms with Gasteiger partial charge in [-0.2, -0.15) is 4.98 Å². The van der Waals surface area contributed by atoms with Crippen LogP contribution in [0.4, 0.5) is 19.0 Å². The van der Waals surface area contributed by atoms with E-state index in [1.54, 1.807) is 13.8 Å². The van der Waals surface area contributed by atoms with Crippen molar-refractivity contribution >= 4 is 88.1 Å². The number of phenols is 3. The summed E-state index contributed by atoms with van der Waals surface area (Å²) >= 11 is 14.3. The van der Waals surface area contributed by atoms with Gasteiger partial charge in [-0.1, -0.05) is 74.3 Å². The first-order valence-electron chi connectivity index (χ1n) is 39.7. The maximum absolute atomic E-state index is 16.4. The average Bonchev–Trinajstić information content (AvgIpc) is 0.764. The Morgan fingerprint density at radius 3 is 2.07 bits per heavy atom. The maximum Gasteiger partial charge on any atom is 0.573 e. The molecule has 2 saturated heterocycles. The number of amides is 6. The second-order valence-corrected chi connectivity index (χ2v) is 32.5. The summed E-state index contributed by atoms with van der Waals surface area (Å²) in [5, 5.41) is 131. The van der Waals surface area contributed by atoms with Crippen molar-refractivity contribution in [3.8, 4) is 62.9 Å². The molecule has 41 heteroatoms. The summed E-state index contributed by atoms with van der Waals surface area (Å²) in [6.07, 6.45) is -22.8. The van der Waals surface area contributed by atoms with E-state index < -0.39 is 273 Å². The second kappa shape index (κ2) is 38.9. The number of Topliss-reactive ketones (excluding diaryl/α,β-unsaturated/α-hetero) is 2. The van der Waals surface area contributed by atoms with Crippen LogP contribution in [0.3, 0.4) is 0 Å². The van der Waals surface area contributed by atoms with Crippen LogP contribution in [0, 0.1) is 17.8 Å². The number of ether oxygens (including phenoxy) is 7. The number of fused-ring (bicyclic) bond motifs is 15. The Balaban J connectivity index is 0.969. The minimum atomic E-state index is -4.97. The zero-order chi connectivity index (χ0) is 91.4. The molecule has 0 spiro atoms. The number of aliphatic hydroxyl groups excluding tert-OH is 6. The molecule has 14 rings (SSSR count). The fourth-order valence-corrected chi connectivity index (χ4v) is 16.1. The monoisotopic (exact) mass is 1800 g/mol. The number of aliphatic hydroxyl groups is 6. The Labute approximate surface area is 724 Å². The highest BCUT2D eigenvalue weighted by molar-refractivity contribution is 6.32. The smallest absolute Gasteiger partial charge is 0.508 e. The number of carbonyl (C=O) groups is 9. The highest BCUT2D eigenvalue weighted by atomic mass is 35.5. The van der Waals surface area contributed by atoms with Crippen LogP contribution >= 0.6 is 23.2 Å². The number of halogens is 5. The first kappa shape index (κ1) is 93.3. The molecule has 2 fully saturated rings. The number of nitrogens with one attached hydrogen (secondary N) is 6. The molecule has 0 aliphatic carbocycles. The number of hydrogen-bond donors (Lipinski definition) is 17. The second-order valence-electron chi connectivity index (χ2n) is 31.6. The van der Waals surface area contributed by atoms with Crippen molar-refractivity contribution < 1.29 is 141 Å². The van der Waals surface area contributed by atoms with Crippen LogP contribution in [0.15, 0.2) is 126 Å². The van der Waals surface area contributed by atoms with E-state index in [-0.39, 0.29) is 70.7 Å². The molecular weight excluding hydrogens is 1710 g/mol. The number of aliphatic carboxylic acids is 1. The molecule has 6 amide bonds. The SMILES string of the molecule is CC[C@H](CC(C)C)C(=O)N[C@H]1C(=O)C[C@@H](CC(N)=O)C(=O)NC2C(=O)CC3C(=O)N[C@H](C(=O)N[C@@H](C(=O)O)c4cc(O)cc(O)c4-c4cc3ccc4O)[C@H](O)c3ccc(c(Cl)c3)Oc3cc2cc(c3OC2O[C@H](CO)[C@@H](O)[C@H](O)[C@H]2O[C@H]2C[C@](C)(NCCn3ccc(NC(=O)/C=C/c4cccc(OC(F)(F)F)c4)nc3=O)[C@H](O)[C@H](C)O2)Oc2ccc(cc2Cl)[C@H]1O. The fraction of sp³-hybridized carbons (Fsp3) is 0.400. The number of benzene rings is 6. The number of nitrogens with zero attached hydrogens (tertiary/aromatic N) is 2. The topological polar surface area (TPSA) is 554 Å². The third-order valence-electron chi connectivity index (χ3n) is 22.1. The summed E-state index contributed by atoms with van der Waals surface area (Å²) in [7, 11) is 0. The number of alkyl halides is 3. The maximum atomic E-state index is 16.4. The Morgan fingerprint density at radius 1 is 0.770 bits per heavy atom. The van der Waals surface area contributed by atoms with Crippen molar-refractivity contribution in [1.82, 2.24) is 36.1 Å². The van der Waals surface area contributed by atoms with Crippen LogP contribution in [0.5, 0.6) is 51.7 Å². The van der Waals surface area contributed by atoms with Crippen LogP contribution in [0.1, 0.15) is 137 Å². The molecule has 7 aromatic rings. The number of rotatable bonds is 21. The largest absolute Gasteiger partial charge is 0.573 e. The molecule has 672 valence electrons. The molecule has 0 radical (unpaired) electrons. The minimum Gasteiger partial charge on any atom is -0.508 e. The number of hydrogen-bond acceptors (Lipinski definition) is 28. The molecule has 126 heavy (non-hydrogen) atoms. The van der Waals surface area contributed by atoms with Gasteiger partial charge in [0.15, 0.2) is 41.5 Å². The van der Waals surface area contributed by atoms with E-state index in [1.165, 1.54) is 49.5 Å². The van der Waals surface area contributed by atoms with Gasteiger partial charge in [-0.3, -0.25) is 42.9 Å². The average molecular weight is 1800 g/mol. The van der Waals surface area contributed by atoms with Gasteiger partial charge in [-0.15, -0.1) is 13.2 Å². The van der Waals surface area contributed by atoms with Crippen molar-refractivity contribution in [2.24, 2.45) is 23.5 Å². The standard InChI is InChI=1S/C85H90Cl2F3N9O27/c1-6-39(22-36(2)3)77(113)97-68-54(104)27-44(30-61(91)106)78(114)95-66-43-28-58(121-56-15-12-41(70(68)108)25-50(56)86)74(59(29-43)122-57-16-13-42(26-51(57)87)71(109)69-80(116)96-67(81(117)118)49-31-45(101)32-53(103)65(49)48-24-40(11-14-52(48)102)47(33-55(66)105)79(115)98-69)125-82-75(73(111)72(110)60(35-100)123-82)124-64-34-84(5,76(112)37(4)120-64)92-19-21-99-20-18-62(94-83(99)119)93-63(107)17-10-38-8-7-9-46(23-38)126-85(88,89)90/h7-18,20,23-26,28-29,31-32,36-37,39,44,47,60,64,66-73,75-76,82,92,100-103,108-112H,6,19,21-22,27,30,33-35H2,1-5H3,(H2,91,106)(H,95,114)(H,96,116)(H,97,113)(H,98,115)(H,117,118)(H,93,94,107,119)/b17-10+/t37-,39+,44-,47?,60+,64-,66?,67+,68-,69-,70+,71+,72+,73-,75+,76+,82?,84-/m0/s1. The predicted molar refractivity (Wildman–Crippen MR) is 436 cm³/mol. The first-order chi connectivity index (χ1) is 59.6. The van der Waals surface area contributed by atoms with E-state index in [9.17, 15) is 93.0 Å². The van der Waals surface area contributed by atoms with E-state index in [2.05, 4.69) is 41.6 Å². The van der Waals surface area contributed by atoms with Crippen molar-refractivity contribution in [3.63, 3.8) is 0 Å². The number of aromatic hydroxyl groups is 3. The number of aromatic nitrogens is 2. The summed E-state index contributed by atoms with van der Waals surface area (Å²) in [5.74, 6) is -21.4. The molecule has 7 aliphatic rings. The van der Waals surface area contributed by atoms with E-state index in [4.69, 9.17) is 57.4 Å². The van der Waals surface area contributed by atoms with Gasteiger partial charge in [-0.05, 0) is 139 Å².